The summed E-state index contributed by atoms with van der Waals surface area (Å²) in [5.74, 6) is -0.518. The summed E-state index contributed by atoms with van der Waals surface area (Å²) in [6, 6.07) is 4.97. The number of nitrogens with two attached hydrogens (primary N) is 1. The Balaban J connectivity index is 3.10. The van der Waals surface area contributed by atoms with E-state index in [0.717, 1.165) is 6.07 Å². The Morgan fingerprint density at radius 2 is 2.14 bits per heavy atom. The monoisotopic (exact) mass is 194 g/mol. The predicted molar refractivity (Wildman–Crippen MR) is 49.7 cm³/mol. The van der Waals surface area contributed by atoms with Crippen LogP contribution in [0.25, 0.3) is 0 Å². The van der Waals surface area contributed by atoms with Crippen LogP contribution in [0.15, 0.2) is 18.2 Å². The Bertz CT molecular complexity index is 371. The minimum Gasteiger partial charge on any atom is -0.391 e. The van der Waals surface area contributed by atoms with Crippen molar-refractivity contribution in [2.75, 3.05) is 0 Å². The standard InChI is InChI=1S/C10H11FN2O/c1-6(14)10(13)8-2-7(5-12)3-9(11)4-8/h2-4,6,10,14H,13H2,1H3/t6-,10+/m0/s1. The molecule has 1 rings (SSSR count). The zero-order valence-corrected chi connectivity index (χ0v) is 7.74. The zero-order chi connectivity index (χ0) is 10.7. The largest absolute Gasteiger partial charge is 0.391 e. The molecule has 0 heterocycles. The first kappa shape index (κ1) is 10.6. The lowest BCUT2D eigenvalue weighted by Crippen LogP contribution is -2.23. The minimum absolute atomic E-state index is 0.205. The third kappa shape index (κ3) is 2.28. The van der Waals surface area contributed by atoms with Crippen molar-refractivity contribution in [1.29, 1.82) is 5.26 Å². The second-order valence-corrected chi connectivity index (χ2v) is 3.15. The topological polar surface area (TPSA) is 70.0 Å². The lowest BCUT2D eigenvalue weighted by molar-refractivity contribution is 0.164. The molecule has 74 valence electrons. The third-order valence-electron chi connectivity index (χ3n) is 1.95. The van der Waals surface area contributed by atoms with Crippen LogP contribution in [-0.4, -0.2) is 11.2 Å². The van der Waals surface area contributed by atoms with Crippen molar-refractivity contribution in [1.82, 2.24) is 0 Å². The highest BCUT2D eigenvalue weighted by molar-refractivity contribution is 5.35. The van der Waals surface area contributed by atoms with Crippen molar-refractivity contribution < 1.29 is 9.50 Å². The van der Waals surface area contributed by atoms with Crippen molar-refractivity contribution in [3.8, 4) is 6.07 Å². The summed E-state index contributed by atoms with van der Waals surface area (Å²) in [7, 11) is 0. The third-order valence-corrected chi connectivity index (χ3v) is 1.95. The maximum atomic E-state index is 13.0. The molecular weight excluding hydrogens is 183 g/mol. The molecular formula is C10H11FN2O. The molecule has 14 heavy (non-hydrogen) atoms. The summed E-state index contributed by atoms with van der Waals surface area (Å²) in [6.07, 6.45) is -0.775. The Hall–Kier alpha value is -1.44. The van der Waals surface area contributed by atoms with Crippen LogP contribution in [0, 0.1) is 17.1 Å². The fourth-order valence-corrected chi connectivity index (χ4v) is 1.15. The summed E-state index contributed by atoms with van der Waals surface area (Å²) in [4.78, 5) is 0. The molecule has 4 heteroatoms. The highest BCUT2D eigenvalue weighted by Crippen LogP contribution is 2.17. The quantitative estimate of drug-likeness (QED) is 0.740. The van der Waals surface area contributed by atoms with Crippen molar-refractivity contribution in [2.24, 2.45) is 5.73 Å². The molecule has 3 nitrogen and oxygen atoms in total. The van der Waals surface area contributed by atoms with Crippen LogP contribution in [0.2, 0.25) is 0 Å². The van der Waals surface area contributed by atoms with Gasteiger partial charge in [0.05, 0.1) is 23.8 Å². The van der Waals surface area contributed by atoms with Crippen LogP contribution in [0.5, 0.6) is 0 Å². The van der Waals surface area contributed by atoms with Gasteiger partial charge in [0.25, 0.3) is 0 Å². The first-order chi connectivity index (χ1) is 6.54. The number of nitrogens with zero attached hydrogens (tertiary/aromatic N) is 1. The molecule has 0 saturated heterocycles. The lowest BCUT2D eigenvalue weighted by atomic mass is 10.0. The molecule has 0 saturated carbocycles. The number of aliphatic hydroxyl groups excluding tert-OH is 1. The van der Waals surface area contributed by atoms with E-state index in [-0.39, 0.29) is 5.56 Å². The van der Waals surface area contributed by atoms with Gasteiger partial charge in [-0.05, 0) is 30.7 Å². The van der Waals surface area contributed by atoms with Gasteiger partial charge in [-0.25, -0.2) is 4.39 Å². The van der Waals surface area contributed by atoms with Gasteiger partial charge in [-0.15, -0.1) is 0 Å². The Kier molecular flexibility index (Phi) is 3.18. The highest BCUT2D eigenvalue weighted by Gasteiger charge is 2.13. The molecule has 1 aromatic carbocycles. The van der Waals surface area contributed by atoms with Crippen molar-refractivity contribution >= 4 is 0 Å². The van der Waals surface area contributed by atoms with E-state index in [1.807, 2.05) is 6.07 Å². The molecule has 0 bridgehead atoms. The number of hydrogen-bond acceptors (Lipinski definition) is 3. The SMILES string of the molecule is C[C@H](O)[C@@H](N)c1cc(F)cc(C#N)c1. The summed E-state index contributed by atoms with van der Waals surface area (Å²) < 4.78 is 13.0. The van der Waals surface area contributed by atoms with Crippen molar-refractivity contribution in [3.05, 3.63) is 35.1 Å². The van der Waals surface area contributed by atoms with Crippen LogP contribution in [0.1, 0.15) is 24.1 Å². The highest BCUT2D eigenvalue weighted by atomic mass is 19.1. The van der Waals surface area contributed by atoms with E-state index < -0.39 is 18.0 Å². The molecule has 3 N–H and O–H groups in total. The lowest BCUT2D eigenvalue weighted by Gasteiger charge is -2.15. The summed E-state index contributed by atoms with van der Waals surface area (Å²) in [6.45, 7) is 1.52. The summed E-state index contributed by atoms with van der Waals surface area (Å²) >= 11 is 0. The fraction of sp³-hybridized carbons (Fsp3) is 0.300. The number of benzene rings is 1. The van der Waals surface area contributed by atoms with E-state index in [1.54, 1.807) is 0 Å². The normalized spacial score (nSPS) is 14.5. The van der Waals surface area contributed by atoms with E-state index in [9.17, 15) is 9.50 Å². The van der Waals surface area contributed by atoms with Crippen LogP contribution >= 0.6 is 0 Å². The van der Waals surface area contributed by atoms with E-state index in [4.69, 9.17) is 11.0 Å². The zero-order valence-electron chi connectivity index (χ0n) is 7.74. The second kappa shape index (κ2) is 4.18. The minimum atomic E-state index is -0.775. The van der Waals surface area contributed by atoms with Crippen molar-refractivity contribution in [3.63, 3.8) is 0 Å². The molecule has 0 radical (unpaired) electrons. The summed E-state index contributed by atoms with van der Waals surface area (Å²) in [5.41, 5.74) is 6.24. The first-order valence-electron chi connectivity index (χ1n) is 4.19. The van der Waals surface area contributed by atoms with Gasteiger partial charge in [0.2, 0.25) is 0 Å². The molecule has 0 amide bonds. The summed E-state index contributed by atoms with van der Waals surface area (Å²) in [5, 5.41) is 17.8. The molecule has 1 aromatic rings. The average molecular weight is 194 g/mol. The van der Waals surface area contributed by atoms with E-state index >= 15 is 0 Å². The van der Waals surface area contributed by atoms with Crippen LogP contribution in [0.4, 0.5) is 4.39 Å². The van der Waals surface area contributed by atoms with Gasteiger partial charge in [0.15, 0.2) is 0 Å². The number of hydrogen-bond donors (Lipinski definition) is 2. The fourth-order valence-electron chi connectivity index (χ4n) is 1.15. The average Bonchev–Trinajstić information content (AvgIpc) is 2.15. The Morgan fingerprint density at radius 1 is 1.50 bits per heavy atom. The number of rotatable bonds is 2. The molecule has 0 aliphatic carbocycles. The van der Waals surface area contributed by atoms with E-state index in [0.29, 0.717) is 5.56 Å². The van der Waals surface area contributed by atoms with Crippen LogP contribution in [-0.2, 0) is 0 Å². The van der Waals surface area contributed by atoms with Gasteiger partial charge in [-0.2, -0.15) is 5.26 Å². The predicted octanol–water partition coefficient (Wildman–Crippen LogP) is 1.08. The Morgan fingerprint density at radius 3 is 2.64 bits per heavy atom. The van der Waals surface area contributed by atoms with Gasteiger partial charge in [-0.1, -0.05) is 0 Å². The smallest absolute Gasteiger partial charge is 0.124 e. The van der Waals surface area contributed by atoms with Gasteiger partial charge in [0, 0.05) is 0 Å². The van der Waals surface area contributed by atoms with Gasteiger partial charge >= 0.3 is 0 Å². The molecule has 0 aliphatic rings. The van der Waals surface area contributed by atoms with Crippen LogP contribution in [0.3, 0.4) is 0 Å². The number of aliphatic hydroxyl groups is 1. The second-order valence-electron chi connectivity index (χ2n) is 3.15. The molecule has 0 aliphatic heterocycles. The molecule has 0 aromatic heterocycles. The Labute approximate surface area is 81.6 Å². The van der Waals surface area contributed by atoms with Gasteiger partial charge in [0.1, 0.15) is 5.82 Å². The van der Waals surface area contributed by atoms with Gasteiger partial charge < -0.3 is 10.8 Å². The molecule has 2 atom stereocenters. The number of halogens is 1. The maximum absolute atomic E-state index is 13.0. The molecule has 0 spiro atoms. The van der Waals surface area contributed by atoms with Crippen LogP contribution < -0.4 is 5.73 Å². The van der Waals surface area contributed by atoms with E-state index in [1.165, 1.54) is 19.1 Å². The van der Waals surface area contributed by atoms with E-state index in [2.05, 4.69) is 0 Å². The first-order valence-corrected chi connectivity index (χ1v) is 4.19. The van der Waals surface area contributed by atoms with Crippen molar-refractivity contribution in [2.45, 2.75) is 19.1 Å². The number of nitriles is 1. The van der Waals surface area contributed by atoms with Gasteiger partial charge in [-0.3, -0.25) is 0 Å². The molecule has 0 fully saturated rings. The maximum Gasteiger partial charge on any atom is 0.124 e. The molecule has 0 unspecified atom stereocenters.